The van der Waals surface area contributed by atoms with Gasteiger partial charge in [-0.2, -0.15) is 0 Å². The summed E-state index contributed by atoms with van der Waals surface area (Å²) < 4.78 is 16.8. The van der Waals surface area contributed by atoms with Gasteiger partial charge in [0, 0.05) is 80.2 Å². The number of unbranched alkanes of at least 4 members (excludes halogenated alkanes) is 1. The molecule has 1 fully saturated rings. The third-order valence-electron chi connectivity index (χ3n) is 19.2. The largest absolute Gasteiger partial charge is 0.508 e. The Morgan fingerprint density at radius 1 is 0.653 bits per heavy atom. The molecule has 670 valence electrons. The smallest absolute Gasteiger partial charge is 0.426 e. The lowest BCUT2D eigenvalue weighted by molar-refractivity contribution is -0.161. The molecule has 17 N–H and O–H groups in total. The second-order valence-electron chi connectivity index (χ2n) is 29.5. The van der Waals surface area contributed by atoms with Gasteiger partial charge in [-0.05, 0) is 119 Å². The molecule has 121 heavy (non-hydrogen) atoms. The van der Waals surface area contributed by atoms with Crippen molar-refractivity contribution in [3.63, 3.8) is 0 Å². The van der Waals surface area contributed by atoms with Gasteiger partial charge in [-0.1, -0.05) is 112 Å². The number of esters is 2. The third-order valence-corrected chi connectivity index (χ3v) is 22.7. The average molecular weight is 1760 g/mol. The fraction of sp³-hybridized carbons (Fsp3) is 0.590. The molecule has 0 saturated carbocycles. The van der Waals surface area contributed by atoms with Crippen LogP contribution in [0, 0.1) is 17.8 Å². The van der Waals surface area contributed by atoms with Crippen LogP contribution in [0.25, 0.3) is 0 Å². The monoisotopic (exact) mass is 1760 g/mol. The normalized spacial score (nSPS) is 15.3. The number of carbonyl (C=O) groups is 17. The number of benzene rings is 2. The van der Waals surface area contributed by atoms with Crippen molar-refractivity contribution in [1.82, 2.24) is 73.5 Å². The Labute approximate surface area is 711 Å². The van der Waals surface area contributed by atoms with Gasteiger partial charge in [0.05, 0.1) is 25.3 Å². The van der Waals surface area contributed by atoms with Crippen molar-refractivity contribution >= 4 is 134 Å². The van der Waals surface area contributed by atoms with Gasteiger partial charge < -0.3 is 97.6 Å². The molecule has 0 spiro atoms. The molecule has 12 atom stereocenters. The number of thiazole rings is 1. The predicted octanol–water partition coefficient (Wildman–Crippen LogP) is 4.22. The number of piperidine rings is 1. The molecule has 3 aromatic rings. The van der Waals surface area contributed by atoms with Gasteiger partial charge in [-0.15, -0.1) is 11.3 Å². The highest BCUT2D eigenvalue weighted by Crippen LogP contribution is 2.33. The summed E-state index contributed by atoms with van der Waals surface area (Å²) in [4.78, 5) is 226. The summed E-state index contributed by atoms with van der Waals surface area (Å²) >= 11 is 1.02. The Balaban J connectivity index is 1.26. The lowest BCUT2D eigenvalue weighted by atomic mass is 9.92. The molecule has 1 saturated heterocycles. The van der Waals surface area contributed by atoms with Crippen molar-refractivity contribution in [2.75, 3.05) is 45.0 Å². The van der Waals surface area contributed by atoms with Crippen LogP contribution >= 0.6 is 32.9 Å². The van der Waals surface area contributed by atoms with Crippen molar-refractivity contribution in [3.8, 4) is 5.75 Å². The molecule has 1 aliphatic heterocycles. The Hall–Kier alpha value is -11.1. The number of likely N-dealkylation sites (tertiary alicyclic amines) is 1. The number of nitrogens with one attached hydrogen (secondary N) is 11. The first kappa shape index (κ1) is 102. The summed E-state index contributed by atoms with van der Waals surface area (Å²) in [6.45, 7) is 13.8. The summed E-state index contributed by atoms with van der Waals surface area (Å²) in [6, 6.07) is 0.487. The molecule has 1 aliphatic rings. The SMILES string of the molecule is CCCC(=O)OCN(C(=O)[C@@H](NC(=O)[C@H]1CCCCN1C)C(C)CC)[C@H](C[C@@H](OC(C)=O)c1nc(C(=O)N[C@@H](Cc2ccc(O)cc2)C[C@H](C)C(=O)NNC(=O)OCCSSC[C@@H](C)NC(=O)[C@H](CC(=O)O)NC(=O)[C@H](CC(=O)O)NC(=O)Cc2ccc(CNC(=O)NCCCC[C@H](NC(=O)N[C@H](CCC(=O)O)C(=O)O)C(=O)O)cc2)cs1)C(C)C. The summed E-state index contributed by atoms with van der Waals surface area (Å²) in [7, 11) is 4.30. The molecule has 2 heterocycles. The van der Waals surface area contributed by atoms with Gasteiger partial charge >= 0.3 is 59.9 Å². The van der Waals surface area contributed by atoms with Gasteiger partial charge in [0.15, 0.2) is 12.8 Å². The van der Waals surface area contributed by atoms with Crippen molar-refractivity contribution in [2.24, 2.45) is 17.8 Å². The highest BCUT2D eigenvalue weighted by atomic mass is 33.1. The van der Waals surface area contributed by atoms with Crippen molar-refractivity contribution in [2.45, 2.75) is 232 Å². The number of carboxylic acid groups (broad SMARTS) is 5. The summed E-state index contributed by atoms with van der Waals surface area (Å²) in [5.74, 6) is -14.7. The maximum atomic E-state index is 15.0. The lowest BCUT2D eigenvalue weighted by Crippen LogP contribution is -2.59. The third kappa shape index (κ3) is 38.9. The zero-order chi connectivity index (χ0) is 90.0. The number of carbonyl (C=O) groups excluding carboxylic acids is 12. The fourth-order valence-corrected chi connectivity index (χ4v) is 15.4. The Morgan fingerprint density at radius 3 is 1.88 bits per heavy atom. The zero-order valence-electron chi connectivity index (χ0n) is 69.1. The molecular formula is C78H114N14O26S3. The van der Waals surface area contributed by atoms with E-state index in [4.69, 9.17) is 19.3 Å². The van der Waals surface area contributed by atoms with Crippen LogP contribution < -0.4 is 58.7 Å². The van der Waals surface area contributed by atoms with E-state index in [0.29, 0.717) is 36.0 Å². The number of likely N-dealkylation sites (N-methyl/N-ethyl adjacent to an activating group) is 1. The van der Waals surface area contributed by atoms with E-state index in [2.05, 4.69) is 58.4 Å². The van der Waals surface area contributed by atoms with E-state index < -0.39 is 194 Å². The summed E-state index contributed by atoms with van der Waals surface area (Å²) in [6.07, 6.45) is -1.44. The van der Waals surface area contributed by atoms with Crippen LogP contribution in [0.5, 0.6) is 5.75 Å². The zero-order valence-corrected chi connectivity index (χ0v) is 71.5. The van der Waals surface area contributed by atoms with Gasteiger partial charge in [-0.3, -0.25) is 67.9 Å². The number of urea groups is 2. The number of nitrogens with zero attached hydrogens (tertiary/aromatic N) is 3. The molecule has 0 radical (unpaired) electrons. The molecule has 0 bridgehead atoms. The molecule has 1 unspecified atom stereocenters. The van der Waals surface area contributed by atoms with Crippen LogP contribution in [0.3, 0.4) is 0 Å². The first-order valence-corrected chi connectivity index (χ1v) is 43.0. The summed E-state index contributed by atoms with van der Waals surface area (Å²) in [5, 5.41) is 81.1. The Bertz CT molecular complexity index is 3990. The highest BCUT2D eigenvalue weighted by Gasteiger charge is 2.41. The molecule has 2 aromatic carbocycles. The number of carboxylic acids is 5. The number of hydrazine groups is 1. The first-order chi connectivity index (χ1) is 57.3. The topological polar surface area (TPSA) is 591 Å². The lowest BCUT2D eigenvalue weighted by Gasteiger charge is -2.39. The molecule has 4 rings (SSSR count). The molecule has 43 heteroatoms. The van der Waals surface area contributed by atoms with Crippen LogP contribution in [-0.4, -0.2) is 246 Å². The number of amides is 12. The van der Waals surface area contributed by atoms with Crippen LogP contribution in [0.15, 0.2) is 53.9 Å². The van der Waals surface area contributed by atoms with Crippen molar-refractivity contribution in [3.05, 3.63) is 81.3 Å². The van der Waals surface area contributed by atoms with E-state index in [1.54, 1.807) is 38.1 Å². The van der Waals surface area contributed by atoms with Crippen LogP contribution in [-0.2, 0) is 95.9 Å². The Morgan fingerprint density at radius 2 is 1.28 bits per heavy atom. The van der Waals surface area contributed by atoms with Gasteiger partial charge in [0.25, 0.3) is 5.91 Å². The quantitative estimate of drug-likeness (QED) is 0.00939. The molecule has 0 aliphatic carbocycles. The van der Waals surface area contributed by atoms with E-state index in [1.165, 1.54) is 63.1 Å². The number of rotatable bonds is 53. The molecular weight excluding hydrogens is 1650 g/mol. The number of ether oxygens (including phenoxy) is 3. The standard InChI is InChI=1S/C78H114N14O26S3/c1-10-16-65(102)117-42-92(73(108)66(44(5)11-2)88-71(107)58-18-13-15-30-91(58)9)59(43(3)4)38-60(118-47(8)93)72-85-57(41-119-72)70(106)82-51(34-48-23-25-52(94)26-24-48)33-45(6)67(103)89-90-78(115)116-31-32-120-121-40-46(7)81-68(104)56(37-64(100)101)84-69(105)55(36-63(98)99)83-61(95)35-49-19-21-50(22-20-49)39-80-76(113)79-29-14-12-17-53(74(109)110)86-77(114)87-54(75(111)112)27-28-62(96)97/h19-26,41,43-46,51,53-56,58-60,66,94H,10-18,27-40,42H2,1-9H3,(H,81,104)(H,82,106)(H,83,95)(H,84,105)(H,88,107)(H,89,103)(H,90,115)(H,96,97)(H,98,99)(H,100,101)(H,109,110)(H,111,112)(H2,79,80,113)(H2,86,87,114)/t44?,45-,46+,51+,53-,54+,55-,56-,58+,59+,60+,66-/m0/s1. The highest BCUT2D eigenvalue weighted by molar-refractivity contribution is 8.76. The van der Waals surface area contributed by atoms with Crippen molar-refractivity contribution < 1.29 is 126 Å². The number of aromatic hydroxyl groups is 1. The van der Waals surface area contributed by atoms with E-state index in [-0.39, 0.29) is 117 Å². The number of aliphatic carboxylic acids is 5. The first-order valence-electron chi connectivity index (χ1n) is 39.6. The number of phenols is 1. The van der Waals surface area contributed by atoms with E-state index in [1.807, 2.05) is 51.9 Å². The van der Waals surface area contributed by atoms with Crippen LogP contribution in [0.4, 0.5) is 14.4 Å². The maximum absolute atomic E-state index is 15.0. The minimum Gasteiger partial charge on any atom is -0.508 e. The predicted molar refractivity (Wildman–Crippen MR) is 440 cm³/mol. The van der Waals surface area contributed by atoms with E-state index in [0.717, 1.165) is 30.7 Å². The van der Waals surface area contributed by atoms with Gasteiger partial charge in [0.2, 0.25) is 35.4 Å². The minimum atomic E-state index is -1.76. The van der Waals surface area contributed by atoms with Crippen LogP contribution in [0.1, 0.15) is 190 Å². The number of phenolic OH excluding ortho intramolecular Hbond substituents is 1. The average Bonchev–Trinajstić information content (AvgIpc) is 1.80. The number of aromatic nitrogens is 1. The second kappa shape index (κ2) is 53.5. The fourth-order valence-electron chi connectivity index (χ4n) is 12.4. The maximum Gasteiger partial charge on any atom is 0.426 e. The van der Waals surface area contributed by atoms with Gasteiger partial charge in [0.1, 0.15) is 53.3 Å². The minimum absolute atomic E-state index is 0.0000716. The Kier molecular flexibility index (Phi) is 45.3. The molecule has 40 nitrogen and oxygen atoms in total. The molecule has 12 amide bonds. The van der Waals surface area contributed by atoms with Crippen LogP contribution in [0.2, 0.25) is 0 Å². The number of hydrogen-bond donors (Lipinski definition) is 17. The molecule has 1 aromatic heterocycles. The van der Waals surface area contributed by atoms with E-state index in [9.17, 15) is 102 Å². The summed E-state index contributed by atoms with van der Waals surface area (Å²) in [5.41, 5.74) is 6.08. The second-order valence-corrected chi connectivity index (χ2v) is 33.1. The van der Waals surface area contributed by atoms with Crippen molar-refractivity contribution in [1.29, 1.82) is 0 Å². The van der Waals surface area contributed by atoms with Gasteiger partial charge in [-0.25, -0.2) is 34.4 Å². The number of hydrogen-bond acceptors (Lipinski definition) is 26. The van der Waals surface area contributed by atoms with E-state index >= 15 is 4.79 Å².